The molecule has 0 saturated carbocycles. The quantitative estimate of drug-likeness (QED) is 0.723. The van der Waals surface area contributed by atoms with Crippen molar-refractivity contribution in [3.63, 3.8) is 0 Å². The average Bonchev–Trinajstić information content (AvgIpc) is 2.09. The summed E-state index contributed by atoms with van der Waals surface area (Å²) in [5.74, 6) is 0. The van der Waals surface area contributed by atoms with Gasteiger partial charge in [0, 0.05) is 0 Å². The van der Waals surface area contributed by atoms with Crippen LogP contribution in [0.15, 0.2) is 30.3 Å². The van der Waals surface area contributed by atoms with Gasteiger partial charge in [0.05, 0.1) is 0 Å². The van der Waals surface area contributed by atoms with Crippen LogP contribution in [0.2, 0.25) is 0 Å². The molecule has 0 radical (unpaired) electrons. The van der Waals surface area contributed by atoms with E-state index < -0.39 is 0 Å². The van der Waals surface area contributed by atoms with E-state index in [-0.39, 0.29) is 0 Å². The summed E-state index contributed by atoms with van der Waals surface area (Å²) in [4.78, 5) is 0. The highest BCUT2D eigenvalue weighted by Crippen LogP contribution is 2.04. The van der Waals surface area contributed by atoms with Gasteiger partial charge in [-0.2, -0.15) is 0 Å². The van der Waals surface area contributed by atoms with Crippen LogP contribution < -0.4 is 5.73 Å². The van der Waals surface area contributed by atoms with Gasteiger partial charge in [0.2, 0.25) is 0 Å². The Balaban J connectivity index is 2.58. The van der Waals surface area contributed by atoms with E-state index in [1.54, 1.807) is 0 Å². The van der Waals surface area contributed by atoms with Crippen LogP contribution in [0.25, 0.3) is 6.08 Å². The molecule has 1 heteroatoms. The lowest BCUT2D eigenvalue weighted by Crippen LogP contribution is -1.94. The van der Waals surface area contributed by atoms with Crippen molar-refractivity contribution < 1.29 is 0 Å². The lowest BCUT2D eigenvalue weighted by Gasteiger charge is -1.93. The van der Waals surface area contributed by atoms with Gasteiger partial charge in [-0.05, 0) is 25.5 Å². The van der Waals surface area contributed by atoms with Gasteiger partial charge in [-0.1, -0.05) is 42.0 Å². The minimum absolute atomic E-state index is 0.725. The SMILES string of the molecule is Cc1ccc(C=CCCN)cc1. The van der Waals surface area contributed by atoms with Gasteiger partial charge in [-0.15, -0.1) is 0 Å². The van der Waals surface area contributed by atoms with Gasteiger partial charge < -0.3 is 5.73 Å². The predicted molar refractivity (Wildman–Crippen MR) is 53.9 cm³/mol. The molecule has 2 N–H and O–H groups in total. The molecule has 0 spiro atoms. The molecule has 0 unspecified atom stereocenters. The topological polar surface area (TPSA) is 26.0 Å². The van der Waals surface area contributed by atoms with E-state index in [9.17, 15) is 0 Å². The van der Waals surface area contributed by atoms with Crippen molar-refractivity contribution in [3.05, 3.63) is 41.5 Å². The lowest BCUT2D eigenvalue weighted by atomic mass is 10.1. The summed E-state index contributed by atoms with van der Waals surface area (Å²) in [6.07, 6.45) is 5.16. The number of benzene rings is 1. The zero-order valence-electron chi connectivity index (χ0n) is 7.46. The first-order valence-electron chi connectivity index (χ1n) is 4.26. The second kappa shape index (κ2) is 4.73. The fourth-order valence-electron chi connectivity index (χ4n) is 0.993. The van der Waals surface area contributed by atoms with Crippen molar-refractivity contribution in [2.24, 2.45) is 5.73 Å². The van der Waals surface area contributed by atoms with Gasteiger partial charge >= 0.3 is 0 Å². The smallest absolute Gasteiger partial charge is 0.00425 e. The van der Waals surface area contributed by atoms with E-state index in [2.05, 4.69) is 43.3 Å². The maximum Gasteiger partial charge on any atom is -0.00425 e. The first kappa shape index (κ1) is 9.01. The molecule has 64 valence electrons. The summed E-state index contributed by atoms with van der Waals surface area (Å²) in [5.41, 5.74) is 7.91. The molecule has 1 nitrogen and oxygen atoms in total. The molecular weight excluding hydrogens is 146 g/mol. The summed E-state index contributed by atoms with van der Waals surface area (Å²) in [6, 6.07) is 8.45. The Labute approximate surface area is 73.9 Å². The third kappa shape index (κ3) is 2.89. The fourth-order valence-corrected chi connectivity index (χ4v) is 0.993. The Morgan fingerprint density at radius 1 is 1.25 bits per heavy atom. The van der Waals surface area contributed by atoms with Gasteiger partial charge in [0.25, 0.3) is 0 Å². The monoisotopic (exact) mass is 161 g/mol. The highest BCUT2D eigenvalue weighted by molar-refractivity contribution is 5.49. The number of rotatable bonds is 3. The Morgan fingerprint density at radius 2 is 1.92 bits per heavy atom. The van der Waals surface area contributed by atoms with Crippen molar-refractivity contribution in [1.29, 1.82) is 0 Å². The third-order valence-electron chi connectivity index (χ3n) is 1.72. The summed E-state index contributed by atoms with van der Waals surface area (Å²) >= 11 is 0. The second-order valence-corrected chi connectivity index (χ2v) is 2.89. The molecule has 0 fully saturated rings. The molecule has 1 aromatic rings. The normalized spacial score (nSPS) is 10.8. The minimum Gasteiger partial charge on any atom is -0.330 e. The maximum atomic E-state index is 5.37. The van der Waals surface area contributed by atoms with Crippen molar-refractivity contribution in [1.82, 2.24) is 0 Å². The Bertz CT molecular complexity index is 246. The zero-order valence-corrected chi connectivity index (χ0v) is 7.46. The highest BCUT2D eigenvalue weighted by atomic mass is 14.5. The molecule has 0 bridgehead atoms. The molecule has 1 rings (SSSR count). The maximum absolute atomic E-state index is 5.37. The summed E-state index contributed by atoms with van der Waals surface area (Å²) in [7, 11) is 0. The van der Waals surface area contributed by atoms with Crippen molar-refractivity contribution in [3.8, 4) is 0 Å². The average molecular weight is 161 g/mol. The summed E-state index contributed by atoms with van der Waals surface area (Å²) < 4.78 is 0. The molecule has 0 aliphatic heterocycles. The van der Waals surface area contributed by atoms with E-state index >= 15 is 0 Å². The Morgan fingerprint density at radius 3 is 2.50 bits per heavy atom. The highest BCUT2D eigenvalue weighted by Gasteiger charge is 1.84. The first-order valence-corrected chi connectivity index (χ1v) is 4.26. The lowest BCUT2D eigenvalue weighted by molar-refractivity contribution is 1.01. The van der Waals surface area contributed by atoms with Crippen LogP contribution >= 0.6 is 0 Å². The molecule has 0 aliphatic carbocycles. The molecule has 0 atom stereocenters. The van der Waals surface area contributed by atoms with E-state index in [4.69, 9.17) is 5.73 Å². The molecule has 0 aromatic heterocycles. The molecule has 0 aliphatic rings. The van der Waals surface area contributed by atoms with Gasteiger partial charge in [0.15, 0.2) is 0 Å². The third-order valence-corrected chi connectivity index (χ3v) is 1.72. The number of aryl methyl sites for hydroxylation is 1. The Hall–Kier alpha value is -1.08. The van der Waals surface area contributed by atoms with Crippen molar-refractivity contribution >= 4 is 6.08 Å². The molecule has 0 amide bonds. The van der Waals surface area contributed by atoms with Crippen LogP contribution in [0.3, 0.4) is 0 Å². The number of hydrogen-bond acceptors (Lipinski definition) is 1. The van der Waals surface area contributed by atoms with Crippen molar-refractivity contribution in [2.75, 3.05) is 6.54 Å². The summed E-state index contributed by atoms with van der Waals surface area (Å²) in [6.45, 7) is 2.82. The fraction of sp³-hybridized carbons (Fsp3) is 0.273. The number of nitrogens with two attached hydrogens (primary N) is 1. The second-order valence-electron chi connectivity index (χ2n) is 2.89. The molecule has 1 aromatic carbocycles. The molecule has 0 heterocycles. The van der Waals surface area contributed by atoms with E-state index in [0.717, 1.165) is 13.0 Å². The van der Waals surface area contributed by atoms with Gasteiger partial charge in [0.1, 0.15) is 0 Å². The molecule has 12 heavy (non-hydrogen) atoms. The summed E-state index contributed by atoms with van der Waals surface area (Å²) in [5, 5.41) is 0. The first-order chi connectivity index (χ1) is 5.83. The molecular formula is C11H15N. The van der Waals surface area contributed by atoms with Crippen LogP contribution in [0, 0.1) is 6.92 Å². The largest absolute Gasteiger partial charge is 0.330 e. The van der Waals surface area contributed by atoms with Gasteiger partial charge in [-0.25, -0.2) is 0 Å². The van der Waals surface area contributed by atoms with Crippen LogP contribution in [0.1, 0.15) is 17.5 Å². The van der Waals surface area contributed by atoms with Crippen molar-refractivity contribution in [2.45, 2.75) is 13.3 Å². The standard InChI is InChI=1S/C11H15N/c1-10-5-7-11(8-6-10)4-2-3-9-12/h2,4-8H,3,9,12H2,1H3. The van der Waals surface area contributed by atoms with Crippen LogP contribution in [-0.4, -0.2) is 6.54 Å². The predicted octanol–water partition coefficient (Wildman–Crippen LogP) is 2.36. The van der Waals surface area contributed by atoms with Crippen LogP contribution in [0.5, 0.6) is 0 Å². The van der Waals surface area contributed by atoms with E-state index in [1.807, 2.05) is 0 Å². The van der Waals surface area contributed by atoms with E-state index in [0.29, 0.717) is 0 Å². The van der Waals surface area contributed by atoms with Crippen LogP contribution in [-0.2, 0) is 0 Å². The van der Waals surface area contributed by atoms with Gasteiger partial charge in [-0.3, -0.25) is 0 Å². The Kier molecular flexibility index (Phi) is 3.55. The molecule has 0 saturated heterocycles. The zero-order chi connectivity index (χ0) is 8.81. The van der Waals surface area contributed by atoms with E-state index in [1.165, 1.54) is 11.1 Å². The minimum atomic E-state index is 0.725. The number of hydrogen-bond donors (Lipinski definition) is 1. The van der Waals surface area contributed by atoms with Crippen LogP contribution in [0.4, 0.5) is 0 Å².